The first-order chi connectivity index (χ1) is 19.4. The van der Waals surface area contributed by atoms with E-state index in [4.69, 9.17) is 23.2 Å². The summed E-state index contributed by atoms with van der Waals surface area (Å²) in [5.41, 5.74) is 1.64. The van der Waals surface area contributed by atoms with E-state index >= 15 is 0 Å². The molecule has 0 spiro atoms. The van der Waals surface area contributed by atoms with Crippen LogP contribution in [0.3, 0.4) is 0 Å². The first kappa shape index (κ1) is 32.4. The van der Waals surface area contributed by atoms with E-state index in [0.717, 1.165) is 18.4 Å². The van der Waals surface area contributed by atoms with Crippen molar-refractivity contribution in [2.24, 2.45) is 0 Å². The van der Waals surface area contributed by atoms with Gasteiger partial charge in [-0.3, -0.25) is 9.36 Å². The van der Waals surface area contributed by atoms with E-state index in [2.05, 4.69) is 22.4 Å². The molecule has 3 rings (SSSR count). The molecule has 0 bridgehead atoms. The molecule has 40 heavy (non-hydrogen) atoms. The summed E-state index contributed by atoms with van der Waals surface area (Å²) in [6.45, 7) is 4.15. The molecule has 0 fully saturated rings. The fraction of sp³-hybridized carbons (Fsp3) is 0.516. The Morgan fingerprint density at radius 2 is 1.55 bits per heavy atom. The van der Waals surface area contributed by atoms with Crippen LogP contribution in [0, 0.1) is 5.82 Å². The van der Waals surface area contributed by atoms with Crippen molar-refractivity contribution >= 4 is 40.9 Å². The normalized spacial score (nSPS) is 12.0. The van der Waals surface area contributed by atoms with Crippen LogP contribution in [0.2, 0.25) is 10.0 Å². The highest BCUT2D eigenvalue weighted by molar-refractivity contribution is 7.98. The number of benzene rings is 2. The second kappa shape index (κ2) is 17.7. The Bertz CT molecular complexity index is 1190. The molecule has 1 N–H and O–H groups in total. The summed E-state index contributed by atoms with van der Waals surface area (Å²) >= 11 is 14.2. The van der Waals surface area contributed by atoms with E-state index < -0.39 is 0 Å². The molecule has 0 saturated heterocycles. The maximum absolute atomic E-state index is 13.3. The highest BCUT2D eigenvalue weighted by Crippen LogP contribution is 2.32. The van der Waals surface area contributed by atoms with Crippen molar-refractivity contribution in [1.29, 1.82) is 0 Å². The molecule has 1 heterocycles. The SMILES string of the molecule is CCCCCCCCCCCCCC(=O)NC(C)c1nnc(SCc2ccc(F)cc2)n1-c1ccc(Cl)cc1Cl. The Morgan fingerprint density at radius 3 is 2.17 bits per heavy atom. The van der Waals surface area contributed by atoms with Crippen molar-refractivity contribution in [3.63, 3.8) is 0 Å². The van der Waals surface area contributed by atoms with Crippen molar-refractivity contribution < 1.29 is 9.18 Å². The van der Waals surface area contributed by atoms with E-state index in [0.29, 0.717) is 38.9 Å². The first-order valence-corrected chi connectivity index (χ1v) is 16.2. The molecule has 0 aliphatic heterocycles. The van der Waals surface area contributed by atoms with Crippen LogP contribution in [0.5, 0.6) is 0 Å². The summed E-state index contributed by atoms with van der Waals surface area (Å²) < 4.78 is 15.2. The van der Waals surface area contributed by atoms with Crippen LogP contribution in [0.15, 0.2) is 47.6 Å². The van der Waals surface area contributed by atoms with Gasteiger partial charge >= 0.3 is 0 Å². The van der Waals surface area contributed by atoms with E-state index in [-0.39, 0.29) is 17.8 Å². The summed E-state index contributed by atoms with van der Waals surface area (Å²) in [7, 11) is 0. The van der Waals surface area contributed by atoms with Crippen molar-refractivity contribution in [3.05, 3.63) is 69.7 Å². The highest BCUT2D eigenvalue weighted by atomic mass is 35.5. The molecule has 1 atom stereocenters. The zero-order valence-electron chi connectivity index (χ0n) is 23.6. The van der Waals surface area contributed by atoms with Gasteiger partial charge in [0.25, 0.3) is 0 Å². The molecule has 9 heteroatoms. The van der Waals surface area contributed by atoms with Crippen LogP contribution in [0.25, 0.3) is 5.69 Å². The monoisotopic (exact) mass is 606 g/mol. The second-order valence-corrected chi connectivity index (χ2v) is 12.0. The lowest BCUT2D eigenvalue weighted by Gasteiger charge is -2.17. The quantitative estimate of drug-likeness (QED) is 0.116. The van der Waals surface area contributed by atoms with Crippen LogP contribution in [0.1, 0.15) is 108 Å². The van der Waals surface area contributed by atoms with Gasteiger partial charge in [0, 0.05) is 17.2 Å². The van der Waals surface area contributed by atoms with E-state index in [1.54, 1.807) is 24.3 Å². The number of rotatable bonds is 18. The summed E-state index contributed by atoms with van der Waals surface area (Å²) in [4.78, 5) is 12.7. The molecule has 2 aromatic carbocycles. The molecule has 1 unspecified atom stereocenters. The Kier molecular flexibility index (Phi) is 14.3. The lowest BCUT2D eigenvalue weighted by Crippen LogP contribution is -2.28. The van der Waals surface area contributed by atoms with E-state index in [1.165, 1.54) is 81.7 Å². The lowest BCUT2D eigenvalue weighted by atomic mass is 10.1. The predicted octanol–water partition coefficient (Wildman–Crippen LogP) is 9.88. The van der Waals surface area contributed by atoms with Crippen LogP contribution in [0.4, 0.5) is 4.39 Å². The number of amides is 1. The zero-order chi connectivity index (χ0) is 28.7. The van der Waals surface area contributed by atoms with Crippen molar-refractivity contribution in [2.75, 3.05) is 0 Å². The van der Waals surface area contributed by atoms with Crippen LogP contribution >= 0.6 is 35.0 Å². The zero-order valence-corrected chi connectivity index (χ0v) is 25.9. The van der Waals surface area contributed by atoms with Gasteiger partial charge in [0.05, 0.1) is 16.8 Å². The van der Waals surface area contributed by atoms with Crippen LogP contribution < -0.4 is 5.32 Å². The van der Waals surface area contributed by atoms with E-state index in [9.17, 15) is 9.18 Å². The minimum atomic E-state index is -0.375. The fourth-order valence-corrected chi connectivity index (χ4v) is 6.00. The van der Waals surface area contributed by atoms with Gasteiger partial charge in [0.2, 0.25) is 5.91 Å². The Hall–Kier alpha value is -2.09. The summed E-state index contributed by atoms with van der Waals surface area (Å²) in [5.74, 6) is 0.882. The number of carbonyl (C=O) groups excluding carboxylic acids is 1. The lowest BCUT2D eigenvalue weighted by molar-refractivity contribution is -0.121. The van der Waals surface area contributed by atoms with Crippen LogP contribution in [-0.2, 0) is 10.5 Å². The minimum absolute atomic E-state index is 0.000641. The molecule has 0 radical (unpaired) electrons. The first-order valence-electron chi connectivity index (χ1n) is 14.5. The molecule has 0 aliphatic carbocycles. The maximum atomic E-state index is 13.3. The number of hydrogen-bond acceptors (Lipinski definition) is 4. The number of aromatic nitrogens is 3. The van der Waals surface area contributed by atoms with Gasteiger partial charge in [-0.2, -0.15) is 0 Å². The standard InChI is InChI=1S/C31H41Cl2FN4OS/c1-3-4-5-6-7-8-9-10-11-12-13-14-29(39)35-23(2)30-36-37-31(40-22-24-15-18-26(34)19-16-24)38(30)28-20-17-25(32)21-27(28)33/h15-21,23H,3-14,22H2,1-2H3,(H,35,39). The third-order valence-corrected chi connectivity index (χ3v) is 8.40. The molecule has 5 nitrogen and oxygen atoms in total. The summed E-state index contributed by atoms with van der Waals surface area (Å²) in [5, 5.41) is 13.5. The average Bonchev–Trinajstić information content (AvgIpc) is 3.35. The predicted molar refractivity (Wildman–Crippen MR) is 165 cm³/mol. The van der Waals surface area contributed by atoms with Gasteiger partial charge in [-0.05, 0) is 49.2 Å². The third kappa shape index (κ3) is 10.7. The molecule has 0 aliphatic rings. The number of carbonyl (C=O) groups is 1. The summed E-state index contributed by atoms with van der Waals surface area (Å²) in [6.07, 6.45) is 14.2. The third-order valence-electron chi connectivity index (χ3n) is 6.86. The molecule has 1 aromatic heterocycles. The van der Waals surface area contributed by atoms with Gasteiger partial charge in [0.1, 0.15) is 5.82 Å². The topological polar surface area (TPSA) is 59.8 Å². The van der Waals surface area contributed by atoms with Gasteiger partial charge < -0.3 is 5.32 Å². The molecular weight excluding hydrogens is 566 g/mol. The van der Waals surface area contributed by atoms with Crippen LogP contribution in [-0.4, -0.2) is 20.7 Å². The van der Waals surface area contributed by atoms with Gasteiger partial charge in [0.15, 0.2) is 11.0 Å². The number of halogens is 3. The molecular formula is C31H41Cl2FN4OS. The largest absolute Gasteiger partial charge is 0.346 e. The average molecular weight is 608 g/mol. The van der Waals surface area contributed by atoms with Gasteiger partial charge in [-0.1, -0.05) is 118 Å². The smallest absolute Gasteiger partial charge is 0.220 e. The maximum Gasteiger partial charge on any atom is 0.220 e. The second-order valence-electron chi connectivity index (χ2n) is 10.3. The number of thioether (sulfide) groups is 1. The Morgan fingerprint density at radius 1 is 0.925 bits per heavy atom. The fourth-order valence-electron chi connectivity index (χ4n) is 4.60. The number of hydrogen-bond donors (Lipinski definition) is 1. The summed E-state index contributed by atoms with van der Waals surface area (Å²) in [6, 6.07) is 11.2. The van der Waals surface area contributed by atoms with Crippen molar-refractivity contribution in [1.82, 2.24) is 20.1 Å². The van der Waals surface area contributed by atoms with Crippen molar-refractivity contribution in [2.45, 2.75) is 108 Å². The van der Waals surface area contributed by atoms with E-state index in [1.807, 2.05) is 17.6 Å². The highest BCUT2D eigenvalue weighted by Gasteiger charge is 2.22. The molecule has 0 saturated carbocycles. The number of unbranched alkanes of at least 4 members (excludes halogenated alkanes) is 10. The number of nitrogens with one attached hydrogen (secondary N) is 1. The van der Waals surface area contributed by atoms with Gasteiger partial charge in [-0.25, -0.2) is 4.39 Å². The number of nitrogens with zero attached hydrogens (tertiary/aromatic N) is 3. The molecule has 3 aromatic rings. The Balaban J connectivity index is 1.54. The molecule has 218 valence electrons. The minimum Gasteiger partial charge on any atom is -0.346 e. The van der Waals surface area contributed by atoms with Crippen molar-refractivity contribution in [3.8, 4) is 5.69 Å². The Labute approximate surface area is 252 Å². The van der Waals surface area contributed by atoms with Gasteiger partial charge in [-0.15, -0.1) is 10.2 Å². The molecule has 1 amide bonds.